The van der Waals surface area contributed by atoms with E-state index in [2.05, 4.69) is 5.32 Å². The Bertz CT molecular complexity index is 788. The van der Waals surface area contributed by atoms with Gasteiger partial charge >= 0.3 is 0 Å². The van der Waals surface area contributed by atoms with Gasteiger partial charge in [-0.05, 0) is 25.5 Å². The van der Waals surface area contributed by atoms with Crippen LogP contribution in [0.2, 0.25) is 0 Å². The Morgan fingerprint density at radius 2 is 1.62 bits per heavy atom. The molecule has 0 aromatic heterocycles. The molecule has 0 saturated carbocycles. The Hall–Kier alpha value is -2.68. The van der Waals surface area contributed by atoms with Crippen molar-refractivity contribution in [2.24, 2.45) is 0 Å². The molecule has 0 spiro atoms. The van der Waals surface area contributed by atoms with Gasteiger partial charge in [-0.2, -0.15) is 0 Å². The number of aryl methyl sites for hydroxylation is 2. The molecule has 0 bridgehead atoms. The van der Waals surface area contributed by atoms with Crippen LogP contribution in [0.5, 0.6) is 0 Å². The zero-order chi connectivity index (χ0) is 15.0. The van der Waals surface area contributed by atoms with Crippen molar-refractivity contribution in [2.75, 3.05) is 5.32 Å². The Kier molecular flexibility index (Phi) is 3.18. The Balaban J connectivity index is 1.97. The van der Waals surface area contributed by atoms with E-state index in [1.807, 2.05) is 32.0 Å². The highest BCUT2D eigenvalue weighted by molar-refractivity contribution is 6.25. The molecule has 1 aliphatic rings. The molecule has 104 valence electrons. The van der Waals surface area contributed by atoms with Crippen molar-refractivity contribution in [3.8, 4) is 0 Å². The van der Waals surface area contributed by atoms with Gasteiger partial charge in [0.2, 0.25) is 5.78 Å². The van der Waals surface area contributed by atoms with Gasteiger partial charge in [-0.15, -0.1) is 0 Å². The minimum Gasteiger partial charge on any atom is -0.352 e. The number of Topliss-reactive ketones (excluding diaryl/α,β-unsaturated/α-hetero) is 1. The summed E-state index contributed by atoms with van der Waals surface area (Å²) in [6, 6.07) is 12.8. The fourth-order valence-electron chi connectivity index (χ4n) is 2.51. The van der Waals surface area contributed by atoms with E-state index in [-0.39, 0.29) is 11.6 Å². The van der Waals surface area contributed by atoms with Crippen molar-refractivity contribution in [2.45, 2.75) is 13.8 Å². The Morgan fingerprint density at radius 1 is 0.905 bits per heavy atom. The van der Waals surface area contributed by atoms with Crippen LogP contribution >= 0.6 is 0 Å². The molecule has 2 aromatic rings. The number of carbonyl (C=O) groups excluding carboxylic acids is 2. The van der Waals surface area contributed by atoms with Crippen LogP contribution in [0.3, 0.4) is 0 Å². The van der Waals surface area contributed by atoms with Crippen LogP contribution < -0.4 is 5.32 Å². The van der Waals surface area contributed by atoms with Crippen molar-refractivity contribution < 1.29 is 9.59 Å². The van der Waals surface area contributed by atoms with E-state index in [9.17, 15) is 9.59 Å². The molecular weight excluding hydrogens is 262 g/mol. The monoisotopic (exact) mass is 277 g/mol. The summed E-state index contributed by atoms with van der Waals surface area (Å²) in [7, 11) is 0. The highest BCUT2D eigenvalue weighted by Gasteiger charge is 2.25. The van der Waals surface area contributed by atoms with E-state index in [1.54, 1.807) is 24.3 Å². The number of hydrogen-bond acceptors (Lipinski definition) is 3. The lowest BCUT2D eigenvalue weighted by atomic mass is 9.92. The summed E-state index contributed by atoms with van der Waals surface area (Å²) in [5, 5.41) is 3.09. The van der Waals surface area contributed by atoms with Gasteiger partial charge in [-0.25, -0.2) is 0 Å². The number of ketones is 2. The molecule has 0 atom stereocenters. The first kappa shape index (κ1) is 13.3. The van der Waals surface area contributed by atoms with Crippen molar-refractivity contribution in [1.29, 1.82) is 0 Å². The third-order valence-electron chi connectivity index (χ3n) is 3.61. The average Bonchev–Trinajstić information content (AvgIpc) is 2.47. The van der Waals surface area contributed by atoms with Gasteiger partial charge in [-0.3, -0.25) is 9.59 Å². The summed E-state index contributed by atoms with van der Waals surface area (Å²) in [5.41, 5.74) is 4.28. The van der Waals surface area contributed by atoms with Crippen molar-refractivity contribution in [1.82, 2.24) is 0 Å². The average molecular weight is 277 g/mol. The highest BCUT2D eigenvalue weighted by Crippen LogP contribution is 2.24. The number of carbonyl (C=O) groups is 2. The quantitative estimate of drug-likeness (QED) is 0.910. The first-order valence-electron chi connectivity index (χ1n) is 6.80. The second-order valence-corrected chi connectivity index (χ2v) is 5.24. The number of rotatable bonds is 2. The molecule has 0 radical (unpaired) electrons. The minimum absolute atomic E-state index is 0.141. The van der Waals surface area contributed by atoms with Gasteiger partial charge in [0.1, 0.15) is 0 Å². The molecule has 0 amide bonds. The van der Waals surface area contributed by atoms with Crippen LogP contribution in [0.25, 0.3) is 0 Å². The fraction of sp³-hybridized carbons (Fsp3) is 0.111. The molecule has 0 unspecified atom stereocenters. The smallest absolute Gasteiger partial charge is 0.210 e. The molecular formula is C18H15NO2. The minimum atomic E-state index is -0.148. The lowest BCUT2D eigenvalue weighted by molar-refractivity contribution is 0.0985. The number of nitrogens with one attached hydrogen (secondary N) is 1. The first-order chi connectivity index (χ1) is 10.1. The van der Waals surface area contributed by atoms with E-state index in [4.69, 9.17) is 0 Å². The molecule has 1 aliphatic carbocycles. The summed E-state index contributed by atoms with van der Waals surface area (Å²) in [5.74, 6) is -0.289. The summed E-state index contributed by atoms with van der Waals surface area (Å²) in [6.07, 6.45) is 1.38. The van der Waals surface area contributed by atoms with E-state index >= 15 is 0 Å². The van der Waals surface area contributed by atoms with E-state index < -0.39 is 0 Å². The molecule has 21 heavy (non-hydrogen) atoms. The predicted molar refractivity (Wildman–Crippen MR) is 82.7 cm³/mol. The van der Waals surface area contributed by atoms with Crippen LogP contribution in [0.4, 0.5) is 5.69 Å². The largest absolute Gasteiger partial charge is 0.352 e. The highest BCUT2D eigenvalue weighted by atomic mass is 16.1. The Morgan fingerprint density at radius 3 is 2.33 bits per heavy atom. The first-order valence-corrected chi connectivity index (χ1v) is 6.80. The molecule has 0 saturated heterocycles. The van der Waals surface area contributed by atoms with Gasteiger partial charge in [-0.1, -0.05) is 42.0 Å². The number of fused-ring (bicyclic) bond motifs is 1. The van der Waals surface area contributed by atoms with E-state index in [0.29, 0.717) is 16.8 Å². The molecule has 3 nitrogen and oxygen atoms in total. The number of hydrogen-bond donors (Lipinski definition) is 1. The van der Waals surface area contributed by atoms with Crippen LogP contribution in [-0.2, 0) is 0 Å². The number of benzene rings is 2. The zero-order valence-corrected chi connectivity index (χ0v) is 11.9. The van der Waals surface area contributed by atoms with Gasteiger partial charge < -0.3 is 5.32 Å². The van der Waals surface area contributed by atoms with Gasteiger partial charge in [0.05, 0.1) is 5.70 Å². The standard InChI is InChI=1S/C18H15NO2/c1-11-7-8-15(12(2)9-11)19-16-10-17(20)13-5-3-4-6-14(13)18(16)21/h3-10,19H,1-2H3. The SMILES string of the molecule is Cc1ccc(NC2=CC(=O)c3ccccc3C2=O)c(C)c1. The van der Waals surface area contributed by atoms with Gasteiger partial charge in [0, 0.05) is 22.9 Å². The van der Waals surface area contributed by atoms with E-state index in [0.717, 1.165) is 16.8 Å². The lowest BCUT2D eigenvalue weighted by Crippen LogP contribution is -2.21. The molecule has 0 fully saturated rings. The lowest BCUT2D eigenvalue weighted by Gasteiger charge is -2.17. The summed E-state index contributed by atoms with van der Waals surface area (Å²) >= 11 is 0. The third kappa shape index (κ3) is 2.38. The maximum Gasteiger partial charge on any atom is 0.210 e. The maximum absolute atomic E-state index is 12.5. The second-order valence-electron chi connectivity index (χ2n) is 5.24. The van der Waals surface area contributed by atoms with Crippen LogP contribution in [-0.4, -0.2) is 11.6 Å². The second kappa shape index (κ2) is 5.02. The molecule has 1 N–H and O–H groups in total. The number of allylic oxidation sites excluding steroid dienone is 2. The fourth-order valence-corrected chi connectivity index (χ4v) is 2.51. The predicted octanol–water partition coefficient (Wildman–Crippen LogP) is 3.68. The Labute approximate surface area is 123 Å². The molecule has 3 rings (SSSR count). The zero-order valence-electron chi connectivity index (χ0n) is 11.9. The molecule has 0 aliphatic heterocycles. The normalized spacial score (nSPS) is 13.7. The molecule has 3 heteroatoms. The third-order valence-corrected chi connectivity index (χ3v) is 3.61. The number of anilines is 1. The van der Waals surface area contributed by atoms with Gasteiger partial charge in [0.15, 0.2) is 5.78 Å². The maximum atomic E-state index is 12.5. The van der Waals surface area contributed by atoms with Crippen LogP contribution in [0.1, 0.15) is 31.8 Å². The summed E-state index contributed by atoms with van der Waals surface area (Å²) < 4.78 is 0. The summed E-state index contributed by atoms with van der Waals surface area (Å²) in [4.78, 5) is 24.6. The summed E-state index contributed by atoms with van der Waals surface area (Å²) in [6.45, 7) is 3.99. The molecule has 0 heterocycles. The molecule has 2 aromatic carbocycles. The van der Waals surface area contributed by atoms with Crippen LogP contribution in [0.15, 0.2) is 54.2 Å². The van der Waals surface area contributed by atoms with Gasteiger partial charge in [0.25, 0.3) is 0 Å². The van der Waals surface area contributed by atoms with Crippen LogP contribution in [0, 0.1) is 13.8 Å². The van der Waals surface area contributed by atoms with Crippen molar-refractivity contribution in [3.63, 3.8) is 0 Å². The van der Waals surface area contributed by atoms with E-state index in [1.165, 1.54) is 6.08 Å². The van der Waals surface area contributed by atoms with Crippen molar-refractivity contribution in [3.05, 3.63) is 76.5 Å². The van der Waals surface area contributed by atoms with Crippen molar-refractivity contribution >= 4 is 17.3 Å². The topological polar surface area (TPSA) is 46.2 Å².